The minimum absolute atomic E-state index is 0.0860. The molecular formula is C17H30N2OS. The molecule has 1 N–H and O–H groups in total. The summed E-state index contributed by atoms with van der Waals surface area (Å²) in [5.41, 5.74) is 1.10. The molecule has 120 valence electrons. The fraction of sp³-hybridized carbons (Fsp3) is 0.824. The molecule has 2 unspecified atom stereocenters. The highest BCUT2D eigenvalue weighted by molar-refractivity contribution is 7.09. The quantitative estimate of drug-likeness (QED) is 0.902. The molecule has 1 aliphatic heterocycles. The Bertz CT molecular complexity index is 460. The number of hydrogen-bond donors (Lipinski definition) is 1. The van der Waals surface area contributed by atoms with Gasteiger partial charge in [-0.15, -0.1) is 11.3 Å². The number of aliphatic hydroxyl groups is 1. The Morgan fingerprint density at radius 2 is 1.90 bits per heavy atom. The van der Waals surface area contributed by atoms with E-state index < -0.39 is 0 Å². The lowest BCUT2D eigenvalue weighted by Crippen LogP contribution is -2.53. The van der Waals surface area contributed by atoms with E-state index in [4.69, 9.17) is 4.98 Å². The van der Waals surface area contributed by atoms with E-state index in [9.17, 15) is 5.11 Å². The molecule has 0 bridgehead atoms. The summed E-state index contributed by atoms with van der Waals surface area (Å²) in [5, 5.41) is 14.0. The van der Waals surface area contributed by atoms with Crippen LogP contribution in [0, 0.1) is 0 Å². The van der Waals surface area contributed by atoms with Gasteiger partial charge in [0.05, 0.1) is 16.8 Å². The lowest BCUT2D eigenvalue weighted by molar-refractivity contribution is -0.0117. The molecule has 2 atom stereocenters. The summed E-state index contributed by atoms with van der Waals surface area (Å²) < 4.78 is 0. The monoisotopic (exact) mass is 310 g/mol. The summed E-state index contributed by atoms with van der Waals surface area (Å²) in [4.78, 5) is 7.20. The van der Waals surface area contributed by atoms with Crippen LogP contribution in [0.4, 0.5) is 0 Å². The predicted molar refractivity (Wildman–Crippen MR) is 90.0 cm³/mol. The van der Waals surface area contributed by atoms with Gasteiger partial charge in [0.2, 0.25) is 0 Å². The van der Waals surface area contributed by atoms with Crippen molar-refractivity contribution in [1.82, 2.24) is 9.88 Å². The molecule has 1 aromatic rings. The van der Waals surface area contributed by atoms with E-state index in [2.05, 4.69) is 44.9 Å². The fourth-order valence-corrected chi connectivity index (χ4v) is 4.09. The average Bonchev–Trinajstić information content (AvgIpc) is 3.07. The molecule has 2 heterocycles. The molecule has 3 nitrogen and oxygen atoms in total. The molecule has 1 saturated heterocycles. The first-order valence-electron chi connectivity index (χ1n) is 8.15. The van der Waals surface area contributed by atoms with Crippen molar-refractivity contribution < 1.29 is 5.11 Å². The van der Waals surface area contributed by atoms with E-state index in [0.29, 0.717) is 6.42 Å². The van der Waals surface area contributed by atoms with Gasteiger partial charge in [-0.3, -0.25) is 4.90 Å². The van der Waals surface area contributed by atoms with E-state index in [1.54, 1.807) is 11.3 Å². The van der Waals surface area contributed by atoms with Crippen LogP contribution in [0.1, 0.15) is 64.6 Å². The van der Waals surface area contributed by atoms with Gasteiger partial charge in [0.15, 0.2) is 0 Å². The standard InChI is InChI=1S/C17H30N2OS/c1-6-17(5,19-9-7-8-10-19)14(20)11-15-18-13(12-21-15)16(2,3)4/h12,14,20H,6-11H2,1-5H3. The third kappa shape index (κ3) is 3.66. The second kappa shape index (κ2) is 6.35. The van der Waals surface area contributed by atoms with Gasteiger partial charge in [-0.2, -0.15) is 0 Å². The van der Waals surface area contributed by atoms with Crippen LogP contribution in [0.15, 0.2) is 5.38 Å². The highest BCUT2D eigenvalue weighted by atomic mass is 32.1. The summed E-state index contributed by atoms with van der Waals surface area (Å²) in [6.45, 7) is 13.2. The van der Waals surface area contributed by atoms with E-state index in [-0.39, 0.29) is 17.1 Å². The molecular weight excluding hydrogens is 280 g/mol. The third-order valence-electron chi connectivity index (χ3n) is 4.95. The van der Waals surface area contributed by atoms with Crippen molar-refractivity contribution in [1.29, 1.82) is 0 Å². The molecule has 2 rings (SSSR count). The first kappa shape index (κ1) is 16.9. The van der Waals surface area contributed by atoms with Crippen molar-refractivity contribution in [2.24, 2.45) is 0 Å². The molecule has 0 aliphatic carbocycles. The zero-order valence-corrected chi connectivity index (χ0v) is 15.0. The summed E-state index contributed by atoms with van der Waals surface area (Å²) in [6.07, 6.45) is 3.81. The van der Waals surface area contributed by atoms with E-state index in [0.717, 1.165) is 30.2 Å². The first-order chi connectivity index (χ1) is 9.77. The Labute approximate surface area is 133 Å². The van der Waals surface area contributed by atoms with Gasteiger partial charge in [-0.1, -0.05) is 27.7 Å². The molecule has 1 fully saturated rings. The Hall–Kier alpha value is -0.450. The predicted octanol–water partition coefficient (Wildman–Crippen LogP) is 3.61. The number of likely N-dealkylation sites (tertiary alicyclic amines) is 1. The van der Waals surface area contributed by atoms with Gasteiger partial charge in [0.25, 0.3) is 0 Å². The minimum atomic E-state index is -0.348. The van der Waals surface area contributed by atoms with E-state index in [1.165, 1.54) is 12.8 Å². The van der Waals surface area contributed by atoms with Gasteiger partial charge >= 0.3 is 0 Å². The van der Waals surface area contributed by atoms with Crippen LogP contribution < -0.4 is 0 Å². The van der Waals surface area contributed by atoms with Crippen LogP contribution in [0.25, 0.3) is 0 Å². The molecule has 0 radical (unpaired) electrons. The van der Waals surface area contributed by atoms with Gasteiger partial charge in [0, 0.05) is 22.8 Å². The first-order valence-corrected chi connectivity index (χ1v) is 9.03. The number of hydrogen-bond acceptors (Lipinski definition) is 4. The Morgan fingerprint density at radius 1 is 1.29 bits per heavy atom. The highest BCUT2D eigenvalue weighted by Crippen LogP contribution is 2.31. The van der Waals surface area contributed by atoms with Crippen LogP contribution in [0.2, 0.25) is 0 Å². The smallest absolute Gasteiger partial charge is 0.0955 e. The summed E-state index contributed by atoms with van der Waals surface area (Å²) in [6, 6.07) is 0. The highest BCUT2D eigenvalue weighted by Gasteiger charge is 2.39. The number of thiazole rings is 1. The number of aliphatic hydroxyl groups excluding tert-OH is 1. The van der Waals surface area contributed by atoms with Gasteiger partial charge in [0.1, 0.15) is 0 Å². The van der Waals surface area contributed by atoms with Crippen LogP contribution in [-0.4, -0.2) is 39.7 Å². The molecule has 21 heavy (non-hydrogen) atoms. The van der Waals surface area contributed by atoms with Crippen molar-refractivity contribution in [2.45, 2.75) is 77.4 Å². The van der Waals surface area contributed by atoms with E-state index in [1.807, 2.05) is 0 Å². The molecule has 1 aromatic heterocycles. The van der Waals surface area contributed by atoms with Gasteiger partial charge in [-0.05, 0) is 39.3 Å². The van der Waals surface area contributed by atoms with Crippen molar-refractivity contribution in [3.05, 3.63) is 16.1 Å². The number of nitrogens with zero attached hydrogens (tertiary/aromatic N) is 2. The molecule has 0 aromatic carbocycles. The van der Waals surface area contributed by atoms with Crippen molar-refractivity contribution in [2.75, 3.05) is 13.1 Å². The zero-order valence-electron chi connectivity index (χ0n) is 14.1. The molecule has 4 heteroatoms. The van der Waals surface area contributed by atoms with Crippen LogP contribution >= 0.6 is 11.3 Å². The summed E-state index contributed by atoms with van der Waals surface area (Å²) in [7, 11) is 0. The average molecular weight is 311 g/mol. The summed E-state index contributed by atoms with van der Waals surface area (Å²) in [5.74, 6) is 0. The molecule has 0 spiro atoms. The third-order valence-corrected chi connectivity index (χ3v) is 5.82. The van der Waals surface area contributed by atoms with Crippen LogP contribution in [-0.2, 0) is 11.8 Å². The number of aromatic nitrogens is 1. The largest absolute Gasteiger partial charge is 0.391 e. The molecule has 0 saturated carbocycles. The maximum Gasteiger partial charge on any atom is 0.0955 e. The van der Waals surface area contributed by atoms with Crippen LogP contribution in [0.5, 0.6) is 0 Å². The van der Waals surface area contributed by atoms with Crippen molar-refractivity contribution in [3.8, 4) is 0 Å². The van der Waals surface area contributed by atoms with E-state index >= 15 is 0 Å². The zero-order chi connectivity index (χ0) is 15.7. The van der Waals surface area contributed by atoms with Crippen molar-refractivity contribution >= 4 is 11.3 Å². The second-order valence-electron chi connectivity index (χ2n) is 7.50. The Balaban J connectivity index is 2.08. The Kier molecular flexibility index (Phi) is 5.11. The SMILES string of the molecule is CCC(C)(C(O)Cc1nc(C(C)(C)C)cs1)N1CCCC1. The minimum Gasteiger partial charge on any atom is -0.391 e. The summed E-state index contributed by atoms with van der Waals surface area (Å²) >= 11 is 1.68. The van der Waals surface area contributed by atoms with Crippen LogP contribution in [0.3, 0.4) is 0 Å². The Morgan fingerprint density at radius 3 is 2.38 bits per heavy atom. The normalized spacial score (nSPS) is 21.4. The van der Waals surface area contributed by atoms with Gasteiger partial charge in [-0.25, -0.2) is 4.98 Å². The maximum atomic E-state index is 10.8. The molecule has 1 aliphatic rings. The lowest BCUT2D eigenvalue weighted by Gasteiger charge is -2.41. The van der Waals surface area contributed by atoms with Gasteiger partial charge < -0.3 is 5.11 Å². The molecule has 0 amide bonds. The topological polar surface area (TPSA) is 36.4 Å². The lowest BCUT2D eigenvalue weighted by atomic mass is 9.88. The number of rotatable bonds is 5. The van der Waals surface area contributed by atoms with Crippen molar-refractivity contribution in [3.63, 3.8) is 0 Å². The second-order valence-corrected chi connectivity index (χ2v) is 8.44. The maximum absolute atomic E-state index is 10.8. The fourth-order valence-electron chi connectivity index (χ4n) is 3.03.